The van der Waals surface area contributed by atoms with Crippen molar-refractivity contribution in [1.82, 2.24) is 15.1 Å². The maximum absolute atomic E-state index is 13.6. The van der Waals surface area contributed by atoms with Crippen molar-refractivity contribution in [3.63, 3.8) is 0 Å². The third-order valence-electron chi connectivity index (χ3n) is 9.00. The van der Waals surface area contributed by atoms with Crippen LogP contribution >= 0.6 is 0 Å². The number of nitrogens with one attached hydrogen (secondary N) is 2. The molecule has 0 aliphatic carbocycles. The molecule has 3 amide bonds. The normalized spacial score (nSPS) is 21.1. The molecule has 0 radical (unpaired) electrons. The van der Waals surface area contributed by atoms with Gasteiger partial charge >= 0.3 is 6.09 Å². The minimum absolute atomic E-state index is 0.00137. The van der Waals surface area contributed by atoms with Crippen molar-refractivity contribution in [3.05, 3.63) is 57.6 Å². The van der Waals surface area contributed by atoms with Gasteiger partial charge in [0.05, 0.1) is 6.04 Å². The molecule has 2 saturated heterocycles. The quantitative estimate of drug-likeness (QED) is 0.465. The summed E-state index contributed by atoms with van der Waals surface area (Å²) in [6, 6.07) is 8.84. The summed E-state index contributed by atoms with van der Waals surface area (Å²) in [5.41, 5.74) is -0.147. The van der Waals surface area contributed by atoms with Crippen LogP contribution in [0.3, 0.4) is 0 Å². The van der Waals surface area contributed by atoms with E-state index in [1.165, 1.54) is 6.07 Å². The van der Waals surface area contributed by atoms with Crippen molar-refractivity contribution in [1.29, 1.82) is 0 Å². The molecule has 3 N–H and O–H groups in total. The van der Waals surface area contributed by atoms with Crippen LogP contribution in [0.4, 0.5) is 10.5 Å². The molecular weight excluding hydrogens is 564 g/mol. The molecule has 2 aromatic rings. The molecule has 0 saturated carbocycles. The molecule has 3 aliphatic rings. The number of amides is 3. The Hall–Kier alpha value is -3.86. The van der Waals surface area contributed by atoms with Crippen LogP contribution in [0.15, 0.2) is 39.5 Å². The number of aromatic hydroxyl groups is 1. The van der Waals surface area contributed by atoms with Crippen LogP contribution in [-0.2, 0) is 26.2 Å². The minimum Gasteiger partial charge on any atom is -0.502 e. The van der Waals surface area contributed by atoms with Crippen LogP contribution in [0, 0.1) is 6.92 Å². The Kier molecular flexibility index (Phi) is 9.06. The molecule has 1 atom stereocenters. The van der Waals surface area contributed by atoms with Crippen LogP contribution in [-0.4, -0.2) is 76.7 Å². The van der Waals surface area contributed by atoms with Gasteiger partial charge in [-0.15, -0.1) is 0 Å². The molecule has 5 rings (SSSR count). The second-order valence-electron chi connectivity index (χ2n) is 13.4. The Bertz CT molecular complexity index is 1450. The van der Waals surface area contributed by atoms with Crippen LogP contribution < -0.4 is 16.1 Å². The van der Waals surface area contributed by atoms with Crippen molar-refractivity contribution in [2.75, 3.05) is 31.5 Å². The number of piperidine rings is 2. The predicted octanol–water partition coefficient (Wildman–Crippen LogP) is 3.85. The Morgan fingerprint density at radius 1 is 1.09 bits per heavy atom. The van der Waals surface area contributed by atoms with Crippen molar-refractivity contribution in [3.8, 4) is 5.75 Å². The number of ether oxygens (including phenoxy) is 1. The molecule has 11 nitrogen and oxygen atoms in total. The van der Waals surface area contributed by atoms with E-state index in [0.717, 1.165) is 24.1 Å². The summed E-state index contributed by atoms with van der Waals surface area (Å²) in [5, 5.41) is 17.0. The first-order valence-corrected chi connectivity index (χ1v) is 15.6. The number of rotatable bonds is 5. The first-order chi connectivity index (χ1) is 20.8. The van der Waals surface area contributed by atoms with Crippen LogP contribution in [0.2, 0.25) is 0 Å². The fourth-order valence-corrected chi connectivity index (χ4v) is 6.68. The highest BCUT2D eigenvalue weighted by atomic mass is 16.6. The summed E-state index contributed by atoms with van der Waals surface area (Å²) >= 11 is 0. The number of likely N-dealkylation sites (tertiary alicyclic amines) is 2. The molecule has 1 aromatic heterocycles. The Balaban J connectivity index is 1.23. The fraction of sp³-hybridized carbons (Fsp3) is 0.576. The molecule has 1 aromatic carbocycles. The van der Waals surface area contributed by atoms with Gasteiger partial charge in [-0.1, -0.05) is 18.2 Å². The zero-order valence-corrected chi connectivity index (χ0v) is 26.1. The number of fused-ring (bicyclic) bond motifs is 1. The molecular formula is C33H44N4O7. The molecule has 3 aliphatic heterocycles. The van der Waals surface area contributed by atoms with Gasteiger partial charge in [-0.3, -0.25) is 19.3 Å². The van der Waals surface area contributed by atoms with Gasteiger partial charge in [0, 0.05) is 55.8 Å². The molecule has 2 fully saturated rings. The van der Waals surface area contributed by atoms with Gasteiger partial charge in [-0.05, 0) is 77.8 Å². The number of para-hydroxylation sites is 1. The number of anilines is 1. The van der Waals surface area contributed by atoms with Crippen molar-refractivity contribution < 1.29 is 28.6 Å². The molecule has 4 heterocycles. The maximum atomic E-state index is 13.6. The van der Waals surface area contributed by atoms with Gasteiger partial charge in [0.25, 0.3) is 0 Å². The zero-order valence-electron chi connectivity index (χ0n) is 26.1. The van der Waals surface area contributed by atoms with E-state index in [1.54, 1.807) is 32.6 Å². The number of aryl methyl sites for hydroxylation is 2. The van der Waals surface area contributed by atoms with Gasteiger partial charge in [-0.25, -0.2) is 4.79 Å². The third kappa shape index (κ3) is 7.09. The predicted molar refractivity (Wildman–Crippen MR) is 165 cm³/mol. The lowest BCUT2D eigenvalue weighted by Crippen LogP contribution is -2.52. The molecule has 1 unspecified atom stereocenters. The van der Waals surface area contributed by atoms with E-state index in [0.29, 0.717) is 44.5 Å². The van der Waals surface area contributed by atoms with Crippen molar-refractivity contribution in [2.45, 2.75) is 95.7 Å². The summed E-state index contributed by atoms with van der Waals surface area (Å²) < 4.78 is 11.4. The summed E-state index contributed by atoms with van der Waals surface area (Å²) in [6.07, 6.45) is 3.16. The number of hydrogen-bond donors (Lipinski definition) is 3. The smallest absolute Gasteiger partial charge is 0.410 e. The van der Waals surface area contributed by atoms with Crippen LogP contribution in [0.5, 0.6) is 5.75 Å². The monoisotopic (exact) mass is 608 g/mol. The van der Waals surface area contributed by atoms with Gasteiger partial charge < -0.3 is 29.8 Å². The van der Waals surface area contributed by atoms with E-state index in [-0.39, 0.29) is 49.2 Å². The van der Waals surface area contributed by atoms with E-state index in [4.69, 9.17) is 9.15 Å². The summed E-state index contributed by atoms with van der Waals surface area (Å²) in [6.45, 7) is 8.98. The Morgan fingerprint density at radius 3 is 2.45 bits per heavy atom. The molecule has 0 bridgehead atoms. The SMILES string of the molecule is Cc1cc(=O)c(O)c(C2(CC(=O)NC3CCN(C4CCc5ccccc5NC4=O)CC3)CCN(C(=O)OC(C)(C)C)CC2)o1. The first kappa shape index (κ1) is 31.6. The van der Waals surface area contributed by atoms with E-state index >= 15 is 0 Å². The topological polar surface area (TPSA) is 141 Å². The molecule has 44 heavy (non-hydrogen) atoms. The second-order valence-corrected chi connectivity index (χ2v) is 13.4. The Morgan fingerprint density at radius 2 is 1.77 bits per heavy atom. The zero-order chi connectivity index (χ0) is 31.6. The lowest BCUT2D eigenvalue weighted by Gasteiger charge is -2.41. The fourth-order valence-electron chi connectivity index (χ4n) is 6.68. The van der Waals surface area contributed by atoms with Crippen LogP contribution in [0.1, 0.15) is 76.4 Å². The van der Waals surface area contributed by atoms with Crippen molar-refractivity contribution in [2.24, 2.45) is 0 Å². The summed E-state index contributed by atoms with van der Waals surface area (Å²) in [5.74, 6) is -0.255. The molecule has 0 spiro atoms. The van der Waals surface area contributed by atoms with Crippen molar-refractivity contribution >= 4 is 23.6 Å². The van der Waals surface area contributed by atoms with E-state index < -0.39 is 28.3 Å². The minimum atomic E-state index is -0.966. The van der Waals surface area contributed by atoms with E-state index in [2.05, 4.69) is 21.6 Å². The largest absolute Gasteiger partial charge is 0.502 e. The second kappa shape index (κ2) is 12.6. The number of benzene rings is 1. The third-order valence-corrected chi connectivity index (χ3v) is 9.00. The first-order valence-electron chi connectivity index (χ1n) is 15.6. The number of nitrogens with zero attached hydrogens (tertiary/aromatic N) is 2. The van der Waals surface area contributed by atoms with Gasteiger partial charge in [0.1, 0.15) is 11.4 Å². The number of carbonyl (C=O) groups excluding carboxylic acids is 3. The highest BCUT2D eigenvalue weighted by molar-refractivity contribution is 5.96. The lowest BCUT2D eigenvalue weighted by molar-refractivity contribution is -0.125. The Labute approximate surface area is 257 Å². The van der Waals surface area contributed by atoms with E-state index in [1.807, 2.05) is 18.2 Å². The summed E-state index contributed by atoms with van der Waals surface area (Å²) in [4.78, 5) is 55.6. The highest BCUT2D eigenvalue weighted by Crippen LogP contribution is 2.42. The average molecular weight is 609 g/mol. The van der Waals surface area contributed by atoms with Gasteiger partial charge in [0.2, 0.25) is 23.0 Å². The number of carbonyl (C=O) groups is 3. The lowest BCUT2D eigenvalue weighted by atomic mass is 9.72. The standard InChI is InChI=1S/C33H44N4O7/c1-21-19-26(38)28(40)29(43-21)33(13-17-37(18-14-33)31(42)44-32(2,3)4)20-27(39)34-23-11-15-36(16-12-23)25-10-9-22-7-5-6-8-24(22)35-30(25)41/h5-8,19,23,25,40H,9-18,20H2,1-4H3,(H,34,39)(H,35,41). The number of hydrogen-bond acceptors (Lipinski definition) is 8. The average Bonchev–Trinajstić information content (AvgIpc) is 3.13. The van der Waals surface area contributed by atoms with E-state index in [9.17, 15) is 24.3 Å². The van der Waals surface area contributed by atoms with Crippen LogP contribution in [0.25, 0.3) is 0 Å². The maximum Gasteiger partial charge on any atom is 0.410 e. The summed E-state index contributed by atoms with van der Waals surface area (Å²) in [7, 11) is 0. The molecule has 238 valence electrons. The van der Waals surface area contributed by atoms with Gasteiger partial charge in [0.15, 0.2) is 5.76 Å². The van der Waals surface area contributed by atoms with Gasteiger partial charge in [-0.2, -0.15) is 0 Å². The molecule has 11 heteroatoms. The highest BCUT2D eigenvalue weighted by Gasteiger charge is 2.45.